The van der Waals surface area contributed by atoms with Crippen LogP contribution in [0.25, 0.3) is 0 Å². The Morgan fingerprint density at radius 2 is 1.42 bits per heavy atom. The highest BCUT2D eigenvalue weighted by molar-refractivity contribution is 6.39. The summed E-state index contributed by atoms with van der Waals surface area (Å²) in [6, 6.07) is 12.5. The van der Waals surface area contributed by atoms with Crippen LogP contribution in [-0.2, 0) is 14.4 Å². The van der Waals surface area contributed by atoms with Gasteiger partial charge in [-0.05, 0) is 44.0 Å². The standard InChI is InChI=1S/C20H23N3O3/c1-12-8-10-16(11-9-12)14(3)21-19(25)20(26)23-18-7-5-6-17(13(18)2)22-15(4)24/h5-11,14H,1-4H3,(H,21,25)(H,22,24)(H,23,26). The molecule has 3 N–H and O–H groups in total. The summed E-state index contributed by atoms with van der Waals surface area (Å²) in [5.74, 6) is -1.68. The van der Waals surface area contributed by atoms with E-state index in [1.807, 2.05) is 38.1 Å². The van der Waals surface area contributed by atoms with Crippen molar-refractivity contribution in [1.82, 2.24) is 5.32 Å². The van der Waals surface area contributed by atoms with Crippen LogP contribution < -0.4 is 16.0 Å². The lowest BCUT2D eigenvalue weighted by atomic mass is 10.1. The maximum Gasteiger partial charge on any atom is 0.313 e. The van der Waals surface area contributed by atoms with E-state index in [4.69, 9.17) is 0 Å². The topological polar surface area (TPSA) is 87.3 Å². The molecule has 26 heavy (non-hydrogen) atoms. The monoisotopic (exact) mass is 353 g/mol. The average Bonchev–Trinajstić information content (AvgIpc) is 2.58. The number of rotatable bonds is 4. The highest BCUT2D eigenvalue weighted by Crippen LogP contribution is 2.23. The van der Waals surface area contributed by atoms with E-state index in [0.717, 1.165) is 11.1 Å². The van der Waals surface area contributed by atoms with Gasteiger partial charge in [0, 0.05) is 18.3 Å². The van der Waals surface area contributed by atoms with Gasteiger partial charge in [-0.1, -0.05) is 35.9 Å². The minimum absolute atomic E-state index is 0.207. The van der Waals surface area contributed by atoms with Crippen LogP contribution >= 0.6 is 0 Å². The molecule has 2 rings (SSSR count). The summed E-state index contributed by atoms with van der Waals surface area (Å²) in [6.07, 6.45) is 0. The van der Waals surface area contributed by atoms with E-state index >= 15 is 0 Å². The van der Waals surface area contributed by atoms with Crippen LogP contribution in [0, 0.1) is 13.8 Å². The van der Waals surface area contributed by atoms with E-state index in [1.165, 1.54) is 6.92 Å². The Hall–Kier alpha value is -3.15. The van der Waals surface area contributed by atoms with Crippen molar-refractivity contribution < 1.29 is 14.4 Å². The van der Waals surface area contributed by atoms with Gasteiger partial charge < -0.3 is 16.0 Å². The first-order valence-corrected chi connectivity index (χ1v) is 8.33. The Labute approximate surface area is 153 Å². The van der Waals surface area contributed by atoms with Gasteiger partial charge in [0.25, 0.3) is 0 Å². The first-order valence-electron chi connectivity index (χ1n) is 8.33. The van der Waals surface area contributed by atoms with E-state index in [2.05, 4.69) is 16.0 Å². The molecule has 0 aliphatic carbocycles. The molecule has 6 nitrogen and oxygen atoms in total. The predicted octanol–water partition coefficient (Wildman–Crippen LogP) is 3.08. The van der Waals surface area contributed by atoms with Crippen molar-refractivity contribution in [2.75, 3.05) is 10.6 Å². The van der Waals surface area contributed by atoms with Gasteiger partial charge in [-0.2, -0.15) is 0 Å². The molecule has 0 aliphatic heterocycles. The second-order valence-corrected chi connectivity index (χ2v) is 6.22. The van der Waals surface area contributed by atoms with E-state index in [-0.39, 0.29) is 11.9 Å². The highest BCUT2D eigenvalue weighted by Gasteiger charge is 2.18. The second kappa shape index (κ2) is 8.29. The Morgan fingerprint density at radius 3 is 2.00 bits per heavy atom. The lowest BCUT2D eigenvalue weighted by Crippen LogP contribution is -2.37. The van der Waals surface area contributed by atoms with Gasteiger partial charge in [0.05, 0.1) is 6.04 Å². The maximum absolute atomic E-state index is 12.2. The maximum atomic E-state index is 12.2. The number of hydrogen-bond acceptors (Lipinski definition) is 3. The molecule has 3 amide bonds. The molecular formula is C20H23N3O3. The summed E-state index contributed by atoms with van der Waals surface area (Å²) in [5.41, 5.74) is 3.78. The van der Waals surface area contributed by atoms with Gasteiger partial charge >= 0.3 is 11.8 Å². The lowest BCUT2D eigenvalue weighted by molar-refractivity contribution is -0.136. The first-order chi connectivity index (χ1) is 12.3. The van der Waals surface area contributed by atoms with Crippen molar-refractivity contribution in [3.63, 3.8) is 0 Å². The van der Waals surface area contributed by atoms with E-state index < -0.39 is 11.8 Å². The van der Waals surface area contributed by atoms with Crippen molar-refractivity contribution in [1.29, 1.82) is 0 Å². The second-order valence-electron chi connectivity index (χ2n) is 6.22. The zero-order valence-electron chi connectivity index (χ0n) is 15.3. The van der Waals surface area contributed by atoms with Crippen LogP contribution in [-0.4, -0.2) is 17.7 Å². The van der Waals surface area contributed by atoms with Gasteiger partial charge in [-0.3, -0.25) is 14.4 Å². The van der Waals surface area contributed by atoms with Crippen molar-refractivity contribution in [3.8, 4) is 0 Å². The molecule has 136 valence electrons. The van der Waals surface area contributed by atoms with Gasteiger partial charge in [0.1, 0.15) is 0 Å². The van der Waals surface area contributed by atoms with Crippen LogP contribution in [0.15, 0.2) is 42.5 Å². The van der Waals surface area contributed by atoms with Crippen LogP contribution in [0.4, 0.5) is 11.4 Å². The minimum Gasteiger partial charge on any atom is -0.341 e. The van der Waals surface area contributed by atoms with E-state index in [1.54, 1.807) is 25.1 Å². The number of carbonyl (C=O) groups is 3. The van der Waals surface area contributed by atoms with E-state index in [9.17, 15) is 14.4 Å². The first kappa shape index (κ1) is 19.2. The molecule has 0 fully saturated rings. The van der Waals surface area contributed by atoms with Crippen molar-refractivity contribution in [2.24, 2.45) is 0 Å². The van der Waals surface area contributed by atoms with Crippen LogP contribution in [0.2, 0.25) is 0 Å². The molecule has 1 unspecified atom stereocenters. The summed E-state index contributed by atoms with van der Waals surface area (Å²) in [6.45, 7) is 6.97. The third-order valence-corrected chi connectivity index (χ3v) is 4.02. The zero-order valence-corrected chi connectivity index (χ0v) is 15.3. The molecule has 1 atom stereocenters. The normalized spacial score (nSPS) is 11.4. The van der Waals surface area contributed by atoms with E-state index in [0.29, 0.717) is 16.9 Å². The zero-order chi connectivity index (χ0) is 19.3. The third-order valence-electron chi connectivity index (χ3n) is 4.02. The molecule has 2 aromatic rings. The molecule has 0 radical (unpaired) electrons. The molecule has 0 spiro atoms. The smallest absolute Gasteiger partial charge is 0.313 e. The van der Waals surface area contributed by atoms with Crippen molar-refractivity contribution in [3.05, 3.63) is 59.2 Å². The van der Waals surface area contributed by atoms with Gasteiger partial charge in [0.2, 0.25) is 5.91 Å². The molecule has 0 bridgehead atoms. The number of hydrogen-bond donors (Lipinski definition) is 3. The van der Waals surface area contributed by atoms with Crippen LogP contribution in [0.1, 0.15) is 36.6 Å². The summed E-state index contributed by atoms with van der Waals surface area (Å²) < 4.78 is 0. The third kappa shape index (κ3) is 4.92. The molecule has 0 saturated heterocycles. The Balaban J connectivity index is 2.04. The molecule has 0 saturated carbocycles. The fourth-order valence-electron chi connectivity index (χ4n) is 2.48. The molecular weight excluding hydrogens is 330 g/mol. The van der Waals surface area contributed by atoms with Gasteiger partial charge in [0.15, 0.2) is 0 Å². The predicted molar refractivity (Wildman–Crippen MR) is 102 cm³/mol. The van der Waals surface area contributed by atoms with Crippen LogP contribution in [0.5, 0.6) is 0 Å². The molecule has 6 heteroatoms. The number of benzene rings is 2. The van der Waals surface area contributed by atoms with Crippen molar-refractivity contribution >= 4 is 29.1 Å². The number of carbonyl (C=O) groups excluding carboxylic acids is 3. The molecule has 0 heterocycles. The number of anilines is 2. The van der Waals surface area contributed by atoms with Gasteiger partial charge in [-0.15, -0.1) is 0 Å². The summed E-state index contributed by atoms with van der Waals surface area (Å²) in [7, 11) is 0. The summed E-state index contributed by atoms with van der Waals surface area (Å²) in [4.78, 5) is 35.6. The number of amides is 3. The fourth-order valence-corrected chi connectivity index (χ4v) is 2.48. The van der Waals surface area contributed by atoms with Gasteiger partial charge in [-0.25, -0.2) is 0 Å². The Morgan fingerprint density at radius 1 is 0.846 bits per heavy atom. The molecule has 0 aliphatic rings. The summed E-state index contributed by atoms with van der Waals surface area (Å²) >= 11 is 0. The quantitative estimate of drug-likeness (QED) is 0.738. The number of aryl methyl sites for hydroxylation is 1. The largest absolute Gasteiger partial charge is 0.341 e. The average molecular weight is 353 g/mol. The Kier molecular flexibility index (Phi) is 6.11. The minimum atomic E-state index is -0.757. The van der Waals surface area contributed by atoms with Crippen molar-refractivity contribution in [2.45, 2.75) is 33.7 Å². The SMILES string of the molecule is CC(=O)Nc1cccc(NC(=O)C(=O)NC(C)c2ccc(C)cc2)c1C. The van der Waals surface area contributed by atoms with Crippen LogP contribution in [0.3, 0.4) is 0 Å². The Bertz CT molecular complexity index is 829. The highest BCUT2D eigenvalue weighted by atomic mass is 16.2. The summed E-state index contributed by atoms with van der Waals surface area (Å²) in [5, 5.41) is 7.95. The number of nitrogens with one attached hydrogen (secondary N) is 3. The molecule has 0 aromatic heterocycles. The lowest BCUT2D eigenvalue weighted by Gasteiger charge is -2.16. The molecule has 2 aromatic carbocycles. The fraction of sp³-hybridized carbons (Fsp3) is 0.250.